The Hall–Kier alpha value is -2.80. The third-order valence-electron chi connectivity index (χ3n) is 5.89. The van der Waals surface area contributed by atoms with Crippen molar-refractivity contribution in [3.8, 4) is 0 Å². The van der Waals surface area contributed by atoms with E-state index in [1.54, 1.807) is 18.6 Å². The number of fused-ring (bicyclic) bond motifs is 1. The zero-order chi connectivity index (χ0) is 18.9. The summed E-state index contributed by atoms with van der Waals surface area (Å²) in [5.74, 6) is -0.194. The molecule has 0 bridgehead atoms. The molecular formula is C21H24N6O. The zero-order valence-electron chi connectivity index (χ0n) is 15.9. The van der Waals surface area contributed by atoms with Crippen LogP contribution in [-0.4, -0.2) is 44.6 Å². The fourth-order valence-corrected chi connectivity index (χ4v) is 4.47. The number of aromatic nitrogens is 3. The van der Waals surface area contributed by atoms with E-state index in [2.05, 4.69) is 30.4 Å². The van der Waals surface area contributed by atoms with Crippen LogP contribution in [0.4, 0.5) is 0 Å². The van der Waals surface area contributed by atoms with E-state index in [1.807, 2.05) is 6.08 Å². The number of carbonyl (C=O) groups excluding carboxylic acids is 1. The summed E-state index contributed by atoms with van der Waals surface area (Å²) >= 11 is 0. The number of hydrogen-bond donors (Lipinski definition) is 2. The normalized spacial score (nSPS) is 21.1. The van der Waals surface area contributed by atoms with Crippen LogP contribution in [0.25, 0.3) is 6.08 Å². The van der Waals surface area contributed by atoms with Gasteiger partial charge in [0.15, 0.2) is 0 Å². The molecule has 2 N–H and O–H groups in total. The summed E-state index contributed by atoms with van der Waals surface area (Å²) in [6, 6.07) is 0. The van der Waals surface area contributed by atoms with Crippen LogP contribution in [0.2, 0.25) is 0 Å². The maximum absolute atomic E-state index is 12.5. The fraction of sp³-hybridized carbons (Fsp3) is 0.429. The number of aryl methyl sites for hydroxylation is 1. The highest BCUT2D eigenvalue weighted by Crippen LogP contribution is 2.31. The molecule has 0 aromatic carbocycles. The van der Waals surface area contributed by atoms with Crippen LogP contribution in [-0.2, 0) is 24.2 Å². The van der Waals surface area contributed by atoms with Crippen molar-refractivity contribution in [1.82, 2.24) is 25.3 Å². The monoisotopic (exact) mass is 376 g/mol. The van der Waals surface area contributed by atoms with Crippen LogP contribution < -0.4 is 5.43 Å². The lowest BCUT2D eigenvalue weighted by molar-refractivity contribution is -0.116. The number of rotatable bonds is 4. The highest BCUT2D eigenvalue weighted by atomic mass is 16.2. The molecule has 1 amide bonds. The van der Waals surface area contributed by atoms with E-state index in [1.165, 1.54) is 42.5 Å². The van der Waals surface area contributed by atoms with Crippen LogP contribution in [0, 0.1) is 0 Å². The second kappa shape index (κ2) is 7.31. The molecule has 3 aliphatic rings. The van der Waals surface area contributed by atoms with Gasteiger partial charge in [0.25, 0.3) is 5.91 Å². The molecule has 1 aliphatic carbocycles. The van der Waals surface area contributed by atoms with Crippen molar-refractivity contribution in [1.29, 1.82) is 0 Å². The average Bonchev–Trinajstić information content (AvgIpc) is 3.45. The largest absolute Gasteiger partial charge is 0.358 e. The summed E-state index contributed by atoms with van der Waals surface area (Å²) in [7, 11) is 0. The van der Waals surface area contributed by atoms with Gasteiger partial charge in [0.05, 0.1) is 11.8 Å². The molecular weight excluding hydrogens is 352 g/mol. The first-order chi connectivity index (χ1) is 13.8. The SMILES string of the molecule is O=C1NN=C(c2cnccn2)/C1=C\c1[nH]c2c(c1CN1CCCC1)CCCC2. The maximum atomic E-state index is 12.5. The summed E-state index contributed by atoms with van der Waals surface area (Å²) in [4.78, 5) is 27.1. The lowest BCUT2D eigenvalue weighted by Crippen LogP contribution is -2.20. The molecule has 0 atom stereocenters. The lowest BCUT2D eigenvalue weighted by atomic mass is 9.93. The second-order valence-corrected chi connectivity index (χ2v) is 7.71. The molecule has 1 fully saturated rings. The topological polar surface area (TPSA) is 86.3 Å². The van der Waals surface area contributed by atoms with Crippen LogP contribution in [0.5, 0.6) is 0 Å². The Morgan fingerprint density at radius 3 is 2.79 bits per heavy atom. The maximum Gasteiger partial charge on any atom is 0.273 e. The van der Waals surface area contributed by atoms with Crippen molar-refractivity contribution in [2.75, 3.05) is 13.1 Å². The van der Waals surface area contributed by atoms with Gasteiger partial charge in [0, 0.05) is 30.3 Å². The lowest BCUT2D eigenvalue weighted by Gasteiger charge is -2.18. The van der Waals surface area contributed by atoms with Crippen molar-refractivity contribution in [2.24, 2.45) is 5.10 Å². The molecule has 28 heavy (non-hydrogen) atoms. The van der Waals surface area contributed by atoms with Gasteiger partial charge in [-0.15, -0.1) is 0 Å². The molecule has 2 aliphatic heterocycles. The van der Waals surface area contributed by atoms with Gasteiger partial charge >= 0.3 is 0 Å². The van der Waals surface area contributed by atoms with E-state index >= 15 is 0 Å². The van der Waals surface area contributed by atoms with Gasteiger partial charge in [-0.3, -0.25) is 19.7 Å². The number of carbonyl (C=O) groups is 1. The smallest absolute Gasteiger partial charge is 0.273 e. The predicted molar refractivity (Wildman–Crippen MR) is 107 cm³/mol. The summed E-state index contributed by atoms with van der Waals surface area (Å²) in [5, 5.41) is 4.20. The Morgan fingerprint density at radius 1 is 1.11 bits per heavy atom. The number of nitrogens with one attached hydrogen (secondary N) is 2. The van der Waals surface area contributed by atoms with Gasteiger partial charge in [0.1, 0.15) is 11.4 Å². The summed E-state index contributed by atoms with van der Waals surface area (Å²) in [6.45, 7) is 3.26. The molecule has 0 saturated carbocycles. The molecule has 7 heteroatoms. The Morgan fingerprint density at radius 2 is 1.96 bits per heavy atom. The van der Waals surface area contributed by atoms with E-state index in [0.29, 0.717) is 17.0 Å². The predicted octanol–water partition coefficient (Wildman–Crippen LogP) is 2.20. The van der Waals surface area contributed by atoms with Gasteiger partial charge < -0.3 is 4.98 Å². The third-order valence-corrected chi connectivity index (χ3v) is 5.89. The van der Waals surface area contributed by atoms with E-state index in [9.17, 15) is 4.79 Å². The quantitative estimate of drug-likeness (QED) is 0.801. The number of hydrogen-bond acceptors (Lipinski definition) is 5. The van der Waals surface area contributed by atoms with Gasteiger partial charge in [-0.1, -0.05) is 0 Å². The average molecular weight is 376 g/mol. The Balaban J connectivity index is 1.55. The van der Waals surface area contributed by atoms with E-state index < -0.39 is 0 Å². The number of aromatic amines is 1. The molecule has 0 radical (unpaired) electrons. The van der Waals surface area contributed by atoms with Gasteiger partial charge in [0.2, 0.25) is 0 Å². The molecule has 0 spiro atoms. The summed E-state index contributed by atoms with van der Waals surface area (Å²) in [6.07, 6.45) is 14.0. The number of nitrogens with zero attached hydrogens (tertiary/aromatic N) is 4. The van der Waals surface area contributed by atoms with E-state index in [-0.39, 0.29) is 5.91 Å². The third kappa shape index (κ3) is 3.16. The number of likely N-dealkylation sites (tertiary alicyclic amines) is 1. The van der Waals surface area contributed by atoms with Crippen molar-refractivity contribution in [2.45, 2.75) is 45.1 Å². The number of amides is 1. The first-order valence-corrected chi connectivity index (χ1v) is 10.1. The standard InChI is InChI=1S/C21H24N6O/c28-21-15(20(25-26-21)19-12-22-7-8-23-19)11-18-16(13-27-9-3-4-10-27)14-5-1-2-6-17(14)24-18/h7-8,11-12,24H,1-6,9-10,13H2,(H,26,28)/b15-11+. The molecule has 2 aromatic heterocycles. The zero-order valence-corrected chi connectivity index (χ0v) is 15.9. The van der Waals surface area contributed by atoms with Crippen molar-refractivity contribution >= 4 is 17.7 Å². The minimum absolute atomic E-state index is 0.194. The van der Waals surface area contributed by atoms with Crippen molar-refractivity contribution in [3.05, 3.63) is 52.4 Å². The van der Waals surface area contributed by atoms with Crippen LogP contribution in [0.3, 0.4) is 0 Å². The summed E-state index contributed by atoms with van der Waals surface area (Å²) in [5.41, 5.74) is 9.47. The first-order valence-electron chi connectivity index (χ1n) is 10.1. The molecule has 2 aromatic rings. The van der Waals surface area contributed by atoms with Gasteiger partial charge in [-0.25, -0.2) is 5.43 Å². The number of H-pyrrole nitrogens is 1. The molecule has 5 rings (SSSR count). The molecule has 4 heterocycles. The van der Waals surface area contributed by atoms with Gasteiger partial charge in [-0.2, -0.15) is 5.10 Å². The number of hydrazone groups is 1. The molecule has 7 nitrogen and oxygen atoms in total. The molecule has 144 valence electrons. The highest BCUT2D eigenvalue weighted by Gasteiger charge is 2.28. The second-order valence-electron chi connectivity index (χ2n) is 7.71. The van der Waals surface area contributed by atoms with E-state index in [4.69, 9.17) is 0 Å². The Kier molecular flexibility index (Phi) is 4.52. The molecule has 1 saturated heterocycles. The Labute approximate surface area is 164 Å². The molecule has 0 unspecified atom stereocenters. The van der Waals surface area contributed by atoms with Crippen LogP contribution in [0.1, 0.15) is 53.9 Å². The van der Waals surface area contributed by atoms with Crippen LogP contribution >= 0.6 is 0 Å². The minimum Gasteiger partial charge on any atom is -0.358 e. The fourth-order valence-electron chi connectivity index (χ4n) is 4.47. The Bertz CT molecular complexity index is 953. The van der Waals surface area contributed by atoms with Gasteiger partial charge in [-0.05, 0) is 68.8 Å². The minimum atomic E-state index is -0.194. The van der Waals surface area contributed by atoms with Crippen LogP contribution in [0.15, 0.2) is 29.3 Å². The first kappa shape index (κ1) is 17.3. The highest BCUT2D eigenvalue weighted by molar-refractivity contribution is 6.32. The van der Waals surface area contributed by atoms with Crippen molar-refractivity contribution < 1.29 is 4.79 Å². The van der Waals surface area contributed by atoms with E-state index in [0.717, 1.165) is 38.2 Å². The van der Waals surface area contributed by atoms with Crippen molar-refractivity contribution in [3.63, 3.8) is 0 Å². The summed E-state index contributed by atoms with van der Waals surface area (Å²) < 4.78 is 0.